The average Bonchev–Trinajstić information content (AvgIpc) is 3.24. The van der Waals surface area contributed by atoms with Crippen LogP contribution in [0.1, 0.15) is 66.1 Å². The molecule has 1 saturated heterocycles. The van der Waals surface area contributed by atoms with Crippen LogP contribution < -0.4 is 0 Å². The fourth-order valence-electron chi connectivity index (χ4n) is 3.83. The Kier molecular flexibility index (Phi) is 5.38. The Labute approximate surface area is 170 Å². The average molecular weight is 390 g/mol. The minimum absolute atomic E-state index is 0.0119. The van der Waals surface area contributed by atoms with Crippen LogP contribution >= 0.6 is 0 Å². The zero-order chi connectivity index (χ0) is 20.4. The topological polar surface area (TPSA) is 87.7 Å². The lowest BCUT2D eigenvalue weighted by atomic mass is 9.92. The summed E-state index contributed by atoms with van der Waals surface area (Å²) in [6, 6.07) is 6.02. The van der Waals surface area contributed by atoms with Gasteiger partial charge in [0.05, 0.1) is 0 Å². The van der Waals surface area contributed by atoms with Gasteiger partial charge in [-0.15, -0.1) is 0 Å². The zero-order valence-corrected chi connectivity index (χ0v) is 17.1. The third kappa shape index (κ3) is 4.18. The molecule has 1 unspecified atom stereocenters. The Balaban J connectivity index is 1.55. The first-order chi connectivity index (χ1) is 14.0. The van der Waals surface area contributed by atoms with E-state index in [0.717, 1.165) is 47.6 Å². The number of amides is 1. The Bertz CT molecular complexity index is 998. The molecule has 7 heteroatoms. The highest BCUT2D eigenvalue weighted by Crippen LogP contribution is 2.30. The number of hydrogen-bond acceptors (Lipinski definition) is 5. The number of carbonyl (C=O) groups is 1. The second-order valence-corrected chi connectivity index (χ2v) is 8.00. The number of likely N-dealkylation sites (tertiary alicyclic amines) is 1. The Morgan fingerprint density at radius 1 is 1.17 bits per heavy atom. The van der Waals surface area contributed by atoms with Gasteiger partial charge in [0.25, 0.3) is 5.91 Å². The van der Waals surface area contributed by atoms with Crippen LogP contribution in [0.4, 0.5) is 0 Å². The van der Waals surface area contributed by atoms with E-state index in [1.165, 1.54) is 6.33 Å². The normalized spacial score (nSPS) is 17.0. The molecule has 1 atom stereocenters. The first-order valence-corrected chi connectivity index (χ1v) is 10.1. The fraction of sp³-hybridized carbons (Fsp3) is 0.409. The molecule has 7 nitrogen and oxygen atoms in total. The lowest BCUT2D eigenvalue weighted by molar-refractivity contribution is 0.0700. The van der Waals surface area contributed by atoms with Gasteiger partial charge < -0.3 is 4.90 Å². The number of rotatable bonds is 4. The van der Waals surface area contributed by atoms with Crippen molar-refractivity contribution in [1.29, 1.82) is 0 Å². The largest absolute Gasteiger partial charge is 0.337 e. The van der Waals surface area contributed by atoms with E-state index in [1.54, 1.807) is 0 Å². The minimum atomic E-state index is -0.0119. The molecule has 1 aliphatic heterocycles. The van der Waals surface area contributed by atoms with Gasteiger partial charge in [-0.2, -0.15) is 5.10 Å². The van der Waals surface area contributed by atoms with Crippen LogP contribution in [0.3, 0.4) is 0 Å². The summed E-state index contributed by atoms with van der Waals surface area (Å²) in [7, 11) is 0. The smallest absolute Gasteiger partial charge is 0.274 e. The van der Waals surface area contributed by atoms with E-state index in [4.69, 9.17) is 4.98 Å². The quantitative estimate of drug-likeness (QED) is 0.734. The van der Waals surface area contributed by atoms with Crippen molar-refractivity contribution in [1.82, 2.24) is 30.0 Å². The summed E-state index contributed by atoms with van der Waals surface area (Å²) in [5.41, 5.74) is 5.49. The molecule has 1 amide bonds. The van der Waals surface area contributed by atoms with E-state index in [2.05, 4.69) is 40.1 Å². The maximum absolute atomic E-state index is 13.0. The van der Waals surface area contributed by atoms with Crippen molar-refractivity contribution in [3.63, 3.8) is 0 Å². The number of carbonyl (C=O) groups excluding carboxylic acids is 1. The molecule has 3 aromatic rings. The molecule has 29 heavy (non-hydrogen) atoms. The van der Waals surface area contributed by atoms with Crippen LogP contribution in [0.15, 0.2) is 36.9 Å². The molecular weight excluding hydrogens is 364 g/mol. The molecule has 1 aliphatic rings. The first-order valence-electron chi connectivity index (χ1n) is 10.1. The molecule has 0 bridgehead atoms. The van der Waals surface area contributed by atoms with Crippen molar-refractivity contribution >= 4 is 5.91 Å². The molecular formula is C22H26N6O. The Morgan fingerprint density at radius 3 is 2.69 bits per heavy atom. The van der Waals surface area contributed by atoms with E-state index in [9.17, 15) is 4.79 Å². The van der Waals surface area contributed by atoms with E-state index in [0.29, 0.717) is 18.2 Å². The number of nitrogens with one attached hydrogen (secondary N) is 1. The second-order valence-electron chi connectivity index (χ2n) is 8.00. The number of aromatic nitrogens is 5. The maximum Gasteiger partial charge on any atom is 0.274 e. The summed E-state index contributed by atoms with van der Waals surface area (Å²) in [6.45, 7) is 7.57. The lowest BCUT2D eigenvalue weighted by Gasteiger charge is -2.32. The van der Waals surface area contributed by atoms with Crippen molar-refractivity contribution < 1.29 is 4.79 Å². The zero-order valence-electron chi connectivity index (χ0n) is 17.1. The maximum atomic E-state index is 13.0. The molecule has 0 radical (unpaired) electrons. The summed E-state index contributed by atoms with van der Waals surface area (Å²) in [6.07, 6.45) is 7.13. The lowest BCUT2D eigenvalue weighted by Crippen LogP contribution is -2.39. The summed E-state index contributed by atoms with van der Waals surface area (Å²) in [4.78, 5) is 27.9. The summed E-state index contributed by atoms with van der Waals surface area (Å²) < 4.78 is 0. The Morgan fingerprint density at radius 2 is 1.97 bits per heavy atom. The molecule has 4 heterocycles. The van der Waals surface area contributed by atoms with Crippen LogP contribution in [-0.4, -0.2) is 49.0 Å². The number of hydrogen-bond donors (Lipinski definition) is 1. The highest BCUT2D eigenvalue weighted by atomic mass is 16.2. The van der Waals surface area contributed by atoms with Gasteiger partial charge in [0.15, 0.2) is 0 Å². The van der Waals surface area contributed by atoms with E-state index in [1.807, 2.05) is 36.4 Å². The van der Waals surface area contributed by atoms with Gasteiger partial charge in [-0.05, 0) is 49.4 Å². The van der Waals surface area contributed by atoms with Gasteiger partial charge in [0, 0.05) is 54.0 Å². The molecule has 0 saturated carbocycles. The molecule has 1 fully saturated rings. The number of pyridine rings is 1. The standard InChI is InChI=1S/C22H26N6O/c1-14(2)19-9-21(27-26-19)22(29)28-6-4-5-16(12-28)20-8-17(7-15(3)25-20)18-10-23-13-24-11-18/h7-11,13-14,16H,4-6,12H2,1-3H3,(H,26,27). The van der Waals surface area contributed by atoms with Gasteiger partial charge in [-0.3, -0.25) is 14.9 Å². The van der Waals surface area contributed by atoms with Crippen molar-refractivity contribution in [2.75, 3.05) is 13.1 Å². The van der Waals surface area contributed by atoms with Crippen molar-refractivity contribution in [2.45, 2.75) is 45.4 Å². The molecule has 150 valence electrons. The van der Waals surface area contributed by atoms with Gasteiger partial charge in [0.2, 0.25) is 0 Å². The fourth-order valence-corrected chi connectivity index (χ4v) is 3.83. The van der Waals surface area contributed by atoms with Crippen molar-refractivity contribution in [3.8, 4) is 11.1 Å². The van der Waals surface area contributed by atoms with Crippen LogP contribution in [0.2, 0.25) is 0 Å². The molecule has 4 rings (SSSR count). The number of aromatic amines is 1. The highest BCUT2D eigenvalue weighted by molar-refractivity contribution is 5.92. The van der Waals surface area contributed by atoms with E-state index >= 15 is 0 Å². The Hall–Kier alpha value is -3.09. The second kappa shape index (κ2) is 8.11. The SMILES string of the molecule is Cc1cc(-c2cncnc2)cc(C2CCCN(C(=O)c3cc(C(C)C)[nH]n3)C2)n1. The van der Waals surface area contributed by atoms with Crippen molar-refractivity contribution in [3.05, 3.63) is 59.7 Å². The van der Waals surface area contributed by atoms with Crippen molar-refractivity contribution in [2.24, 2.45) is 0 Å². The molecule has 3 aromatic heterocycles. The molecule has 1 N–H and O–H groups in total. The monoisotopic (exact) mass is 390 g/mol. The van der Waals surface area contributed by atoms with Gasteiger partial charge >= 0.3 is 0 Å². The van der Waals surface area contributed by atoms with Crippen LogP contribution in [0.5, 0.6) is 0 Å². The third-order valence-electron chi connectivity index (χ3n) is 5.43. The first kappa shape index (κ1) is 19.2. The van der Waals surface area contributed by atoms with Crippen LogP contribution in [0.25, 0.3) is 11.1 Å². The number of nitrogens with zero attached hydrogens (tertiary/aromatic N) is 5. The molecule has 0 aliphatic carbocycles. The predicted molar refractivity (Wildman–Crippen MR) is 111 cm³/mol. The van der Waals surface area contributed by atoms with Gasteiger partial charge in [-0.25, -0.2) is 9.97 Å². The summed E-state index contributed by atoms with van der Waals surface area (Å²) >= 11 is 0. The summed E-state index contributed by atoms with van der Waals surface area (Å²) in [5.74, 6) is 0.511. The minimum Gasteiger partial charge on any atom is -0.337 e. The predicted octanol–water partition coefficient (Wildman–Crippen LogP) is 3.71. The number of H-pyrrole nitrogens is 1. The number of piperidine rings is 1. The van der Waals surface area contributed by atoms with Gasteiger partial charge in [-0.1, -0.05) is 13.8 Å². The van der Waals surface area contributed by atoms with E-state index in [-0.39, 0.29) is 11.8 Å². The summed E-state index contributed by atoms with van der Waals surface area (Å²) in [5, 5.41) is 7.21. The van der Waals surface area contributed by atoms with Gasteiger partial charge in [0.1, 0.15) is 12.0 Å². The highest BCUT2D eigenvalue weighted by Gasteiger charge is 2.28. The molecule has 0 spiro atoms. The van der Waals surface area contributed by atoms with E-state index < -0.39 is 0 Å². The third-order valence-corrected chi connectivity index (χ3v) is 5.43. The van der Waals surface area contributed by atoms with Crippen LogP contribution in [0, 0.1) is 6.92 Å². The van der Waals surface area contributed by atoms with Crippen LogP contribution in [-0.2, 0) is 0 Å². The molecule has 0 aromatic carbocycles. The number of aryl methyl sites for hydroxylation is 1.